The fourth-order valence-corrected chi connectivity index (χ4v) is 1.34. The third-order valence-corrected chi connectivity index (χ3v) is 2.37. The first kappa shape index (κ1) is 17.2. The Morgan fingerprint density at radius 1 is 1.46 bits per heavy atom. The van der Waals surface area contributed by atoms with Crippen LogP contribution in [0.3, 0.4) is 0 Å². The molecule has 0 saturated heterocycles. The van der Waals surface area contributed by atoms with Gasteiger partial charge in [0.15, 0.2) is 0 Å². The quantitative estimate of drug-likeness (QED) is 0.388. The van der Waals surface area contributed by atoms with E-state index in [1.54, 1.807) is 0 Å². The van der Waals surface area contributed by atoms with Crippen LogP contribution in [0.5, 0.6) is 0 Å². The van der Waals surface area contributed by atoms with Crippen LogP contribution in [-0.2, 0) is 12.6 Å². The van der Waals surface area contributed by atoms with Gasteiger partial charge in [-0.05, 0) is 12.3 Å². The van der Waals surface area contributed by atoms with E-state index in [2.05, 4.69) is 19.2 Å². The van der Waals surface area contributed by atoms with Gasteiger partial charge in [-0.15, -0.1) is 0 Å². The Balaban J connectivity index is 0. The summed E-state index contributed by atoms with van der Waals surface area (Å²) in [6.07, 6.45) is 5.09. The smallest absolute Gasteiger partial charge is 0.412 e. The largest absolute Gasteiger partial charge is 1.00 e. The number of hydrogen-bond acceptors (Lipinski definition) is 2. The van der Waals surface area contributed by atoms with Crippen LogP contribution in [0.1, 0.15) is 39.5 Å². The first-order valence-corrected chi connectivity index (χ1v) is 5.47. The zero-order valence-corrected chi connectivity index (χ0v) is 13.7. The Kier molecular flexibility index (Phi) is 15.6. The van der Waals surface area contributed by atoms with Crippen LogP contribution in [-0.4, -0.2) is 10.9 Å². The van der Waals surface area contributed by atoms with Crippen molar-refractivity contribution in [3.8, 4) is 0 Å². The van der Waals surface area contributed by atoms with Gasteiger partial charge in [-0.3, -0.25) is 0 Å². The van der Waals surface area contributed by atoms with E-state index in [1.165, 1.54) is 25.7 Å². The third kappa shape index (κ3) is 11.7. The summed E-state index contributed by atoms with van der Waals surface area (Å²) in [6, 6.07) is 0. The fourth-order valence-electron chi connectivity index (χ4n) is 1.17. The van der Waals surface area contributed by atoms with Crippen molar-refractivity contribution in [2.45, 2.75) is 39.5 Å². The van der Waals surface area contributed by atoms with Crippen LogP contribution < -0.4 is 56.7 Å². The minimum Gasteiger partial charge on any atom is -0.412 e. The molecule has 0 radical (unpaired) electrons. The van der Waals surface area contributed by atoms with E-state index in [9.17, 15) is 0 Å². The van der Waals surface area contributed by atoms with Crippen LogP contribution in [0.4, 0.5) is 0 Å². The molecule has 1 nitrogen and oxygen atoms in total. The number of rotatable bonds is 6. The fraction of sp³-hybridized carbons (Fsp3) is 0.889. The molecule has 0 amide bonds. The molecule has 0 fully saturated rings. The predicted molar refractivity (Wildman–Crippen MR) is 61.3 cm³/mol. The first-order valence-electron chi connectivity index (χ1n) is 4.65. The van der Waals surface area contributed by atoms with Crippen LogP contribution in [0.25, 0.3) is 0 Å². The predicted octanol–water partition coefficient (Wildman–Crippen LogP) is -0.372. The summed E-state index contributed by atoms with van der Waals surface area (Å²) in [5, 5.41) is 3.05. The maximum atomic E-state index is 4.78. The van der Waals surface area contributed by atoms with E-state index in [0.29, 0.717) is 4.32 Å². The average molecular weight is 243 g/mol. The van der Waals surface area contributed by atoms with Gasteiger partial charge < -0.3 is 30.2 Å². The van der Waals surface area contributed by atoms with E-state index in [0.717, 1.165) is 12.5 Å². The molecule has 1 N–H and O–H groups in total. The van der Waals surface area contributed by atoms with Crippen molar-refractivity contribution in [3.63, 3.8) is 0 Å². The number of thiocarbonyl (C=S) groups is 1. The van der Waals surface area contributed by atoms with Crippen molar-refractivity contribution < 1.29 is 51.4 Å². The van der Waals surface area contributed by atoms with Gasteiger partial charge in [-0.25, -0.2) is 0 Å². The van der Waals surface area contributed by atoms with Gasteiger partial charge in [0.05, 0.1) is 0 Å². The zero-order chi connectivity index (χ0) is 9.40. The summed E-state index contributed by atoms with van der Waals surface area (Å²) in [5.41, 5.74) is 0. The molecule has 13 heavy (non-hydrogen) atoms. The molecule has 0 aromatic heterocycles. The molecule has 0 aromatic rings. The Hall–Kier alpha value is 1.75. The molecule has 0 saturated carbocycles. The van der Waals surface area contributed by atoms with Gasteiger partial charge in [0, 0.05) is 6.54 Å². The molecular formula is C9H18KNS2. The minimum atomic E-state index is 0. The second kappa shape index (κ2) is 11.8. The van der Waals surface area contributed by atoms with Crippen molar-refractivity contribution in [3.05, 3.63) is 0 Å². The first-order chi connectivity index (χ1) is 5.70. The van der Waals surface area contributed by atoms with E-state index < -0.39 is 0 Å². The second-order valence-electron chi connectivity index (χ2n) is 3.08. The molecular weight excluding hydrogens is 225 g/mol. The summed E-state index contributed by atoms with van der Waals surface area (Å²) in [7, 11) is 0. The SMILES string of the molecule is CCCCC(CC)CNC(=S)[S-].[K+]. The monoisotopic (exact) mass is 243 g/mol. The van der Waals surface area contributed by atoms with Gasteiger partial charge in [-0.1, -0.05) is 37.4 Å². The van der Waals surface area contributed by atoms with E-state index in [4.69, 9.17) is 24.8 Å². The van der Waals surface area contributed by atoms with E-state index in [-0.39, 0.29) is 51.4 Å². The molecule has 1 atom stereocenters. The van der Waals surface area contributed by atoms with Gasteiger partial charge in [0.2, 0.25) is 0 Å². The molecule has 0 aromatic carbocycles. The molecule has 0 bridgehead atoms. The van der Waals surface area contributed by atoms with Crippen molar-refractivity contribution in [1.29, 1.82) is 0 Å². The van der Waals surface area contributed by atoms with Crippen LogP contribution in [0, 0.1) is 5.92 Å². The topological polar surface area (TPSA) is 12.0 Å². The summed E-state index contributed by atoms with van der Waals surface area (Å²) in [4.78, 5) is 0. The maximum Gasteiger partial charge on any atom is 1.00 e. The molecule has 72 valence electrons. The molecule has 0 rings (SSSR count). The van der Waals surface area contributed by atoms with Gasteiger partial charge >= 0.3 is 51.4 Å². The van der Waals surface area contributed by atoms with Crippen molar-refractivity contribution >= 4 is 29.2 Å². The van der Waals surface area contributed by atoms with Gasteiger partial charge in [0.25, 0.3) is 0 Å². The second-order valence-corrected chi connectivity index (χ2v) is 4.16. The normalized spacial score (nSPS) is 11.5. The molecule has 0 aliphatic heterocycles. The summed E-state index contributed by atoms with van der Waals surface area (Å²) in [5.74, 6) is 0.742. The summed E-state index contributed by atoms with van der Waals surface area (Å²) in [6.45, 7) is 5.39. The summed E-state index contributed by atoms with van der Waals surface area (Å²) >= 11 is 9.56. The van der Waals surface area contributed by atoms with E-state index >= 15 is 0 Å². The zero-order valence-electron chi connectivity index (χ0n) is 8.93. The van der Waals surface area contributed by atoms with Crippen LogP contribution >= 0.6 is 12.2 Å². The van der Waals surface area contributed by atoms with Gasteiger partial charge in [-0.2, -0.15) is 0 Å². The molecule has 1 unspecified atom stereocenters. The molecule has 0 spiro atoms. The molecule has 0 aliphatic carbocycles. The van der Waals surface area contributed by atoms with Gasteiger partial charge in [0.1, 0.15) is 0 Å². The number of unbranched alkanes of at least 4 members (excludes halogenated alkanes) is 1. The van der Waals surface area contributed by atoms with E-state index in [1.807, 2.05) is 0 Å². The maximum absolute atomic E-state index is 4.78. The Labute approximate surface area is 136 Å². The number of hydrogen-bond donors (Lipinski definition) is 1. The standard InChI is InChI=1S/C9H19NS2.K/c1-3-5-6-8(4-2)7-10-9(11)12;/h8H,3-7H2,1-2H3,(H2,10,11,12);/q;+1/p-1. The molecule has 0 aliphatic rings. The van der Waals surface area contributed by atoms with Crippen LogP contribution in [0.15, 0.2) is 0 Å². The Bertz CT molecular complexity index is 131. The summed E-state index contributed by atoms with van der Waals surface area (Å²) < 4.78 is 0.505. The van der Waals surface area contributed by atoms with Crippen molar-refractivity contribution in [2.24, 2.45) is 5.92 Å². The average Bonchev–Trinajstić information content (AvgIpc) is 2.05. The minimum absolute atomic E-state index is 0. The van der Waals surface area contributed by atoms with Crippen molar-refractivity contribution in [2.75, 3.05) is 6.54 Å². The molecule has 0 heterocycles. The third-order valence-electron chi connectivity index (χ3n) is 2.08. The van der Waals surface area contributed by atoms with Crippen LogP contribution in [0.2, 0.25) is 0 Å². The number of nitrogens with one attached hydrogen (secondary N) is 1. The Morgan fingerprint density at radius 3 is 2.46 bits per heavy atom. The molecule has 4 heteroatoms. The Morgan fingerprint density at radius 2 is 2.08 bits per heavy atom. The van der Waals surface area contributed by atoms with Crippen molar-refractivity contribution in [1.82, 2.24) is 5.32 Å².